The normalized spacial score (nSPS) is 21.8. The molecule has 0 aliphatic heterocycles. The average molecular weight is 448 g/mol. The third-order valence-electron chi connectivity index (χ3n) is 6.10. The van der Waals surface area contributed by atoms with Gasteiger partial charge in [-0.3, -0.25) is 0 Å². The number of hydrogen-bond acceptors (Lipinski definition) is 5. The van der Waals surface area contributed by atoms with E-state index < -0.39 is 23.4 Å². The lowest BCUT2D eigenvalue weighted by atomic mass is 9.95. The van der Waals surface area contributed by atoms with Gasteiger partial charge >= 0.3 is 12.2 Å². The fourth-order valence-electron chi connectivity index (χ4n) is 4.45. The minimum absolute atomic E-state index is 0.295. The standard InChI is InChI=1S/C25H41N3O4/c1-24(2,3)31-22(29)28(23(30)32-25(4,5)6)14-10-11-18-15-20(18)21-16-27(17-26-21)19-12-8-7-9-13-19/h16-20H,7-15H2,1-6H3. The summed E-state index contributed by atoms with van der Waals surface area (Å²) < 4.78 is 13.2. The lowest BCUT2D eigenvalue weighted by molar-refractivity contribution is 0.00113. The van der Waals surface area contributed by atoms with Gasteiger partial charge in [-0.15, -0.1) is 0 Å². The summed E-state index contributed by atoms with van der Waals surface area (Å²) in [5, 5.41) is 0. The third-order valence-corrected chi connectivity index (χ3v) is 6.10. The smallest absolute Gasteiger partial charge is 0.419 e. The first-order chi connectivity index (χ1) is 14.9. The summed E-state index contributed by atoms with van der Waals surface area (Å²) in [6.07, 6.45) is 12.3. The maximum Gasteiger partial charge on any atom is 0.419 e. The Kier molecular flexibility index (Phi) is 7.56. The van der Waals surface area contributed by atoms with Crippen molar-refractivity contribution in [2.45, 2.75) is 116 Å². The van der Waals surface area contributed by atoms with Gasteiger partial charge in [0.05, 0.1) is 12.0 Å². The van der Waals surface area contributed by atoms with E-state index in [-0.39, 0.29) is 0 Å². The van der Waals surface area contributed by atoms with Gasteiger partial charge < -0.3 is 14.0 Å². The Labute approximate surface area is 192 Å². The van der Waals surface area contributed by atoms with Crippen LogP contribution in [0.4, 0.5) is 9.59 Å². The van der Waals surface area contributed by atoms with Gasteiger partial charge in [0, 0.05) is 24.7 Å². The van der Waals surface area contributed by atoms with Gasteiger partial charge in [-0.1, -0.05) is 19.3 Å². The number of amides is 2. The number of hydrogen-bond donors (Lipinski definition) is 0. The highest BCUT2D eigenvalue weighted by Crippen LogP contribution is 2.49. The molecule has 0 saturated heterocycles. The Morgan fingerprint density at radius 1 is 1.03 bits per heavy atom. The lowest BCUT2D eigenvalue weighted by Crippen LogP contribution is -2.44. The molecule has 2 saturated carbocycles. The Hall–Kier alpha value is -2.05. The highest BCUT2D eigenvalue weighted by Gasteiger charge is 2.40. The molecular weight excluding hydrogens is 406 g/mol. The second-order valence-corrected chi connectivity index (χ2v) is 11.4. The summed E-state index contributed by atoms with van der Waals surface area (Å²) in [7, 11) is 0. The number of imide groups is 1. The highest BCUT2D eigenvalue weighted by molar-refractivity contribution is 5.88. The summed E-state index contributed by atoms with van der Waals surface area (Å²) >= 11 is 0. The molecule has 2 fully saturated rings. The van der Waals surface area contributed by atoms with Crippen LogP contribution in [0.5, 0.6) is 0 Å². The van der Waals surface area contributed by atoms with E-state index in [1.54, 1.807) is 41.5 Å². The van der Waals surface area contributed by atoms with Gasteiger partial charge in [0.25, 0.3) is 0 Å². The van der Waals surface area contributed by atoms with E-state index in [0.29, 0.717) is 24.4 Å². The number of carbonyl (C=O) groups is 2. The molecule has 0 bridgehead atoms. The van der Waals surface area contributed by atoms with Crippen LogP contribution in [-0.4, -0.2) is 44.4 Å². The second kappa shape index (κ2) is 9.84. The third kappa shape index (κ3) is 7.24. The molecule has 0 aromatic carbocycles. The molecule has 0 radical (unpaired) electrons. The molecule has 0 spiro atoms. The first-order valence-corrected chi connectivity index (χ1v) is 12.2. The van der Waals surface area contributed by atoms with Crippen molar-refractivity contribution < 1.29 is 19.1 Å². The zero-order valence-corrected chi connectivity index (χ0v) is 20.7. The van der Waals surface area contributed by atoms with Crippen molar-refractivity contribution in [1.29, 1.82) is 0 Å². The Morgan fingerprint density at radius 3 is 2.19 bits per heavy atom. The molecule has 1 aromatic heterocycles. The Balaban J connectivity index is 1.51. The quantitative estimate of drug-likeness (QED) is 0.501. The van der Waals surface area contributed by atoms with Crippen LogP contribution < -0.4 is 0 Å². The molecule has 7 nitrogen and oxygen atoms in total. The monoisotopic (exact) mass is 447 g/mol. The molecule has 7 heteroatoms. The number of rotatable bonds is 6. The molecule has 1 aromatic rings. The van der Waals surface area contributed by atoms with Crippen molar-refractivity contribution in [2.24, 2.45) is 5.92 Å². The van der Waals surface area contributed by atoms with Crippen LogP contribution in [0.3, 0.4) is 0 Å². The van der Waals surface area contributed by atoms with E-state index in [0.717, 1.165) is 24.2 Å². The fourth-order valence-corrected chi connectivity index (χ4v) is 4.45. The number of nitrogens with zero attached hydrogens (tertiary/aromatic N) is 3. The van der Waals surface area contributed by atoms with E-state index in [2.05, 4.69) is 15.7 Å². The van der Waals surface area contributed by atoms with Gasteiger partial charge in [0.1, 0.15) is 11.2 Å². The largest absolute Gasteiger partial charge is 0.443 e. The molecule has 2 atom stereocenters. The first kappa shape index (κ1) is 24.6. The predicted octanol–water partition coefficient (Wildman–Crippen LogP) is 6.44. The lowest BCUT2D eigenvalue weighted by Gasteiger charge is -2.28. The van der Waals surface area contributed by atoms with Crippen molar-refractivity contribution in [3.05, 3.63) is 18.2 Å². The summed E-state index contributed by atoms with van der Waals surface area (Å²) in [6.45, 7) is 11.0. The van der Waals surface area contributed by atoms with Crippen LogP contribution in [0.1, 0.15) is 111 Å². The van der Waals surface area contributed by atoms with Crippen molar-refractivity contribution >= 4 is 12.2 Å². The average Bonchev–Trinajstić information content (AvgIpc) is 3.27. The van der Waals surface area contributed by atoms with Crippen molar-refractivity contribution in [3.63, 3.8) is 0 Å². The molecule has 2 unspecified atom stereocenters. The van der Waals surface area contributed by atoms with Crippen molar-refractivity contribution in [1.82, 2.24) is 14.5 Å². The minimum Gasteiger partial charge on any atom is -0.443 e. The SMILES string of the molecule is CC(C)(C)OC(=O)N(CCCC1CC1c1cn(C2CCCCC2)cn1)C(=O)OC(C)(C)C. The molecule has 0 N–H and O–H groups in total. The van der Waals surface area contributed by atoms with E-state index in [1.165, 1.54) is 37.8 Å². The van der Waals surface area contributed by atoms with Crippen LogP contribution in [0.15, 0.2) is 12.5 Å². The van der Waals surface area contributed by atoms with E-state index in [9.17, 15) is 9.59 Å². The molecule has 1 heterocycles. The van der Waals surface area contributed by atoms with E-state index in [1.807, 2.05) is 6.33 Å². The molecule has 2 aliphatic carbocycles. The fraction of sp³-hybridized carbons (Fsp3) is 0.800. The van der Waals surface area contributed by atoms with E-state index in [4.69, 9.17) is 9.47 Å². The molecule has 180 valence electrons. The number of carbonyl (C=O) groups excluding carboxylic acids is 2. The molecule has 32 heavy (non-hydrogen) atoms. The molecule has 2 aliphatic rings. The number of imidazole rings is 1. The molecular formula is C25H41N3O4. The summed E-state index contributed by atoms with van der Waals surface area (Å²) in [5.74, 6) is 1.06. The minimum atomic E-state index is -0.671. The van der Waals surface area contributed by atoms with Gasteiger partial charge in [-0.25, -0.2) is 19.5 Å². The first-order valence-electron chi connectivity index (χ1n) is 12.2. The molecule has 2 amide bonds. The predicted molar refractivity (Wildman–Crippen MR) is 124 cm³/mol. The van der Waals surface area contributed by atoms with Gasteiger partial charge in [-0.05, 0) is 79.6 Å². The maximum absolute atomic E-state index is 12.6. The van der Waals surface area contributed by atoms with Crippen LogP contribution >= 0.6 is 0 Å². The van der Waals surface area contributed by atoms with Gasteiger partial charge in [0.2, 0.25) is 0 Å². The van der Waals surface area contributed by atoms with E-state index >= 15 is 0 Å². The zero-order chi connectivity index (χ0) is 23.5. The van der Waals surface area contributed by atoms with Crippen LogP contribution in [0.2, 0.25) is 0 Å². The molecule has 3 rings (SSSR count). The summed E-state index contributed by atoms with van der Waals surface area (Å²) in [6, 6.07) is 0.610. The van der Waals surface area contributed by atoms with Crippen molar-refractivity contribution in [2.75, 3.05) is 6.54 Å². The van der Waals surface area contributed by atoms with Crippen molar-refractivity contribution in [3.8, 4) is 0 Å². The zero-order valence-electron chi connectivity index (χ0n) is 20.7. The Morgan fingerprint density at radius 2 is 1.62 bits per heavy atom. The number of aromatic nitrogens is 2. The summed E-state index contributed by atoms with van der Waals surface area (Å²) in [5.41, 5.74) is -0.150. The Bertz CT molecular complexity index is 756. The highest BCUT2D eigenvalue weighted by atomic mass is 16.6. The summed E-state index contributed by atoms with van der Waals surface area (Å²) in [4.78, 5) is 31.0. The van der Waals surface area contributed by atoms with Crippen LogP contribution in [-0.2, 0) is 9.47 Å². The van der Waals surface area contributed by atoms with Crippen LogP contribution in [0, 0.1) is 5.92 Å². The topological polar surface area (TPSA) is 73.7 Å². The van der Waals surface area contributed by atoms with Gasteiger partial charge in [0.15, 0.2) is 0 Å². The van der Waals surface area contributed by atoms with Crippen LogP contribution in [0.25, 0.3) is 0 Å². The number of ether oxygens (including phenoxy) is 2. The van der Waals surface area contributed by atoms with Gasteiger partial charge in [-0.2, -0.15) is 0 Å². The maximum atomic E-state index is 12.6. The second-order valence-electron chi connectivity index (χ2n) is 11.4.